The second-order valence-corrected chi connectivity index (χ2v) is 7.72. The first kappa shape index (κ1) is 20.6. The van der Waals surface area contributed by atoms with Gasteiger partial charge in [0.15, 0.2) is 0 Å². The van der Waals surface area contributed by atoms with Crippen LogP contribution in [0.15, 0.2) is 48.5 Å². The second kappa shape index (κ2) is 8.98. The van der Waals surface area contributed by atoms with E-state index in [0.29, 0.717) is 25.6 Å². The Labute approximate surface area is 176 Å². The zero-order valence-electron chi connectivity index (χ0n) is 17.4. The molecule has 1 saturated heterocycles. The van der Waals surface area contributed by atoms with Gasteiger partial charge in [-0.3, -0.25) is 0 Å². The van der Waals surface area contributed by atoms with Gasteiger partial charge >= 0.3 is 0 Å². The van der Waals surface area contributed by atoms with Gasteiger partial charge in [0.1, 0.15) is 11.6 Å². The van der Waals surface area contributed by atoms with Gasteiger partial charge in [0.05, 0.1) is 19.7 Å². The molecule has 30 heavy (non-hydrogen) atoms. The van der Waals surface area contributed by atoms with E-state index in [1.165, 1.54) is 6.07 Å². The van der Waals surface area contributed by atoms with Crippen LogP contribution in [0.25, 0.3) is 10.9 Å². The van der Waals surface area contributed by atoms with E-state index in [0.717, 1.165) is 47.2 Å². The lowest BCUT2D eigenvalue weighted by atomic mass is 9.74. The normalized spacial score (nSPS) is 15.8. The Hall–Kier alpha value is -2.70. The first-order valence-electron chi connectivity index (χ1n) is 10.2. The SMILES string of the molecule is COc1ccc2nc(OC)c(CNCC3(c4cccc(F)c4)CCOCC3)cc2c1. The number of benzene rings is 2. The van der Waals surface area contributed by atoms with Crippen molar-refractivity contribution in [1.82, 2.24) is 10.3 Å². The van der Waals surface area contributed by atoms with Gasteiger partial charge in [-0.25, -0.2) is 9.37 Å². The van der Waals surface area contributed by atoms with E-state index in [1.54, 1.807) is 26.4 Å². The van der Waals surface area contributed by atoms with Gasteiger partial charge in [-0.2, -0.15) is 0 Å². The number of pyridine rings is 1. The first-order chi connectivity index (χ1) is 14.6. The zero-order valence-corrected chi connectivity index (χ0v) is 17.4. The fourth-order valence-corrected chi connectivity index (χ4v) is 4.20. The second-order valence-electron chi connectivity index (χ2n) is 7.72. The molecule has 1 aromatic heterocycles. The number of fused-ring (bicyclic) bond motifs is 1. The number of halogens is 1. The summed E-state index contributed by atoms with van der Waals surface area (Å²) < 4.78 is 30.3. The monoisotopic (exact) mass is 410 g/mol. The Bertz CT molecular complexity index is 1020. The van der Waals surface area contributed by atoms with Crippen LogP contribution in [0.3, 0.4) is 0 Å². The third-order valence-electron chi connectivity index (χ3n) is 5.92. The van der Waals surface area contributed by atoms with Gasteiger partial charge in [-0.05, 0) is 54.8 Å². The molecule has 0 radical (unpaired) electrons. The van der Waals surface area contributed by atoms with Crippen molar-refractivity contribution in [3.05, 3.63) is 65.5 Å². The molecule has 2 aromatic carbocycles. The highest BCUT2D eigenvalue weighted by atomic mass is 19.1. The standard InChI is InChI=1S/C24H27FN2O3/c1-28-21-6-7-22-17(13-21)12-18(23(27-22)29-2)15-26-16-24(8-10-30-11-9-24)19-4-3-5-20(25)14-19/h3-7,12-14,26H,8-11,15-16H2,1-2H3. The minimum atomic E-state index is -0.201. The third-order valence-corrected chi connectivity index (χ3v) is 5.92. The highest BCUT2D eigenvalue weighted by Gasteiger charge is 2.34. The van der Waals surface area contributed by atoms with Crippen molar-refractivity contribution in [2.24, 2.45) is 0 Å². The highest BCUT2D eigenvalue weighted by molar-refractivity contribution is 5.81. The predicted molar refractivity (Wildman–Crippen MR) is 115 cm³/mol. The van der Waals surface area contributed by atoms with E-state index >= 15 is 0 Å². The Morgan fingerprint density at radius 1 is 1.07 bits per heavy atom. The van der Waals surface area contributed by atoms with Crippen molar-refractivity contribution in [3.8, 4) is 11.6 Å². The van der Waals surface area contributed by atoms with E-state index in [2.05, 4.69) is 16.4 Å². The number of methoxy groups -OCH3 is 2. The lowest BCUT2D eigenvalue weighted by molar-refractivity contribution is 0.0496. The summed E-state index contributed by atoms with van der Waals surface area (Å²) in [6, 6.07) is 14.8. The average Bonchev–Trinajstić information content (AvgIpc) is 2.78. The molecular weight excluding hydrogens is 383 g/mol. The number of nitrogens with one attached hydrogen (secondary N) is 1. The molecule has 5 nitrogen and oxygen atoms in total. The molecule has 0 spiro atoms. The molecule has 4 rings (SSSR count). The summed E-state index contributed by atoms with van der Waals surface area (Å²) in [6.07, 6.45) is 1.71. The number of hydrogen-bond acceptors (Lipinski definition) is 5. The molecule has 1 aliphatic rings. The summed E-state index contributed by atoms with van der Waals surface area (Å²) in [7, 11) is 3.29. The molecule has 0 aliphatic carbocycles. The molecule has 1 aliphatic heterocycles. The van der Waals surface area contributed by atoms with Crippen molar-refractivity contribution in [2.45, 2.75) is 24.8 Å². The Morgan fingerprint density at radius 3 is 2.63 bits per heavy atom. The van der Waals surface area contributed by atoms with Gasteiger partial charge in [-0.15, -0.1) is 0 Å². The van der Waals surface area contributed by atoms with Crippen LogP contribution in [0.5, 0.6) is 11.6 Å². The van der Waals surface area contributed by atoms with Crippen molar-refractivity contribution >= 4 is 10.9 Å². The predicted octanol–water partition coefficient (Wildman–Crippen LogP) is 4.23. The minimum Gasteiger partial charge on any atom is -0.497 e. The topological polar surface area (TPSA) is 52.6 Å². The lowest BCUT2D eigenvalue weighted by Gasteiger charge is -2.38. The van der Waals surface area contributed by atoms with E-state index in [1.807, 2.05) is 24.3 Å². The van der Waals surface area contributed by atoms with Crippen LogP contribution in [0.1, 0.15) is 24.0 Å². The molecule has 0 saturated carbocycles. The number of nitrogens with zero attached hydrogens (tertiary/aromatic N) is 1. The van der Waals surface area contributed by atoms with E-state index < -0.39 is 0 Å². The van der Waals surface area contributed by atoms with Crippen molar-refractivity contribution in [1.29, 1.82) is 0 Å². The molecule has 0 atom stereocenters. The maximum absolute atomic E-state index is 13.9. The summed E-state index contributed by atoms with van der Waals surface area (Å²) in [6.45, 7) is 2.68. The maximum atomic E-state index is 13.9. The van der Waals surface area contributed by atoms with Crippen LogP contribution >= 0.6 is 0 Å². The summed E-state index contributed by atoms with van der Waals surface area (Å²) >= 11 is 0. The number of ether oxygens (including phenoxy) is 3. The fraction of sp³-hybridized carbons (Fsp3) is 0.375. The summed E-state index contributed by atoms with van der Waals surface area (Å²) in [5.74, 6) is 1.19. The molecular formula is C24H27FN2O3. The van der Waals surface area contributed by atoms with Crippen LogP contribution in [0, 0.1) is 5.82 Å². The van der Waals surface area contributed by atoms with Gasteiger partial charge in [0, 0.05) is 42.7 Å². The largest absolute Gasteiger partial charge is 0.497 e. The molecule has 0 amide bonds. The van der Waals surface area contributed by atoms with Crippen molar-refractivity contribution in [3.63, 3.8) is 0 Å². The Morgan fingerprint density at radius 2 is 1.90 bits per heavy atom. The van der Waals surface area contributed by atoms with Gasteiger partial charge in [-0.1, -0.05) is 12.1 Å². The number of hydrogen-bond donors (Lipinski definition) is 1. The quantitative estimate of drug-likeness (QED) is 0.632. The summed E-state index contributed by atoms with van der Waals surface area (Å²) in [5, 5.41) is 4.57. The molecule has 0 unspecified atom stereocenters. The van der Waals surface area contributed by atoms with Crippen LogP contribution in [0.2, 0.25) is 0 Å². The van der Waals surface area contributed by atoms with Crippen molar-refractivity contribution < 1.29 is 18.6 Å². The van der Waals surface area contributed by atoms with E-state index in [9.17, 15) is 4.39 Å². The zero-order chi connectivity index (χ0) is 21.0. The summed E-state index contributed by atoms with van der Waals surface area (Å²) in [4.78, 5) is 4.63. The van der Waals surface area contributed by atoms with Gasteiger partial charge in [0.25, 0.3) is 0 Å². The molecule has 1 N–H and O–H groups in total. The number of rotatable bonds is 7. The minimum absolute atomic E-state index is 0.152. The third kappa shape index (κ3) is 4.25. The first-order valence-corrected chi connectivity index (χ1v) is 10.2. The molecule has 0 bridgehead atoms. The number of aromatic nitrogens is 1. The highest BCUT2D eigenvalue weighted by Crippen LogP contribution is 2.35. The molecule has 1 fully saturated rings. The van der Waals surface area contributed by atoms with Crippen LogP contribution in [0.4, 0.5) is 4.39 Å². The lowest BCUT2D eigenvalue weighted by Crippen LogP contribution is -2.42. The maximum Gasteiger partial charge on any atom is 0.218 e. The molecule has 3 aromatic rings. The van der Waals surface area contributed by atoms with E-state index in [4.69, 9.17) is 14.2 Å². The fourth-order valence-electron chi connectivity index (χ4n) is 4.20. The molecule has 6 heteroatoms. The summed E-state index contributed by atoms with van der Waals surface area (Å²) in [5.41, 5.74) is 2.70. The van der Waals surface area contributed by atoms with Crippen LogP contribution < -0.4 is 14.8 Å². The smallest absolute Gasteiger partial charge is 0.218 e. The van der Waals surface area contributed by atoms with Crippen molar-refractivity contribution in [2.75, 3.05) is 34.0 Å². The average molecular weight is 410 g/mol. The molecule has 158 valence electrons. The van der Waals surface area contributed by atoms with Crippen LogP contribution in [-0.2, 0) is 16.7 Å². The Balaban J connectivity index is 1.56. The molecule has 2 heterocycles. The van der Waals surface area contributed by atoms with Gasteiger partial charge in [0.2, 0.25) is 5.88 Å². The Kier molecular flexibility index (Phi) is 6.16. The van der Waals surface area contributed by atoms with Crippen LogP contribution in [-0.4, -0.2) is 39.0 Å². The van der Waals surface area contributed by atoms with Gasteiger partial charge < -0.3 is 19.5 Å². The van der Waals surface area contributed by atoms with E-state index in [-0.39, 0.29) is 11.2 Å².